The molecule has 0 radical (unpaired) electrons. The third-order valence-corrected chi connectivity index (χ3v) is 4.54. The second kappa shape index (κ2) is 12.0. The summed E-state index contributed by atoms with van der Waals surface area (Å²) in [5, 5.41) is 14.2. The van der Waals surface area contributed by atoms with Crippen LogP contribution in [0.2, 0.25) is 0 Å². The summed E-state index contributed by atoms with van der Waals surface area (Å²) in [6, 6.07) is 0.0964. The SMILES string of the molecule is CCCC(CC)N[C@@H](CCCCN)C(=O)C(O)(CC)CCC. The van der Waals surface area contributed by atoms with Crippen LogP contribution in [-0.4, -0.2) is 35.1 Å². The van der Waals surface area contributed by atoms with Gasteiger partial charge < -0.3 is 16.2 Å². The summed E-state index contributed by atoms with van der Waals surface area (Å²) < 4.78 is 0. The Hall–Kier alpha value is -0.450. The Bertz CT molecular complexity index is 297. The Morgan fingerprint density at radius 1 is 1.14 bits per heavy atom. The minimum atomic E-state index is -1.18. The highest BCUT2D eigenvalue weighted by molar-refractivity contribution is 5.91. The average molecular weight is 315 g/mol. The summed E-state index contributed by atoms with van der Waals surface area (Å²) in [6.45, 7) is 8.87. The quantitative estimate of drug-likeness (QED) is 0.431. The van der Waals surface area contributed by atoms with Gasteiger partial charge in [0.15, 0.2) is 5.78 Å². The van der Waals surface area contributed by atoms with Crippen molar-refractivity contribution in [2.45, 2.75) is 103 Å². The molecule has 0 amide bonds. The first kappa shape index (κ1) is 21.6. The Morgan fingerprint density at radius 3 is 2.27 bits per heavy atom. The lowest BCUT2D eigenvalue weighted by atomic mass is 9.84. The Labute approximate surface area is 137 Å². The molecule has 0 aliphatic heterocycles. The van der Waals surface area contributed by atoms with Crippen LogP contribution in [0, 0.1) is 0 Å². The summed E-state index contributed by atoms with van der Waals surface area (Å²) in [4.78, 5) is 12.9. The third kappa shape index (κ3) is 7.21. The molecular weight excluding hydrogens is 276 g/mol. The summed E-state index contributed by atoms with van der Waals surface area (Å²) >= 11 is 0. The van der Waals surface area contributed by atoms with Crippen LogP contribution >= 0.6 is 0 Å². The van der Waals surface area contributed by atoms with E-state index in [1.54, 1.807) is 0 Å². The van der Waals surface area contributed by atoms with E-state index in [4.69, 9.17) is 5.73 Å². The second-order valence-corrected chi connectivity index (χ2v) is 6.40. The molecular formula is C18H38N2O2. The van der Waals surface area contributed by atoms with Gasteiger partial charge in [-0.1, -0.05) is 47.0 Å². The minimum Gasteiger partial charge on any atom is -0.382 e. The fraction of sp³-hybridized carbons (Fsp3) is 0.944. The lowest BCUT2D eigenvalue weighted by molar-refractivity contribution is -0.141. The van der Waals surface area contributed by atoms with Gasteiger partial charge in [0.2, 0.25) is 0 Å². The smallest absolute Gasteiger partial charge is 0.181 e. The molecule has 0 saturated carbocycles. The van der Waals surface area contributed by atoms with Crippen molar-refractivity contribution in [1.82, 2.24) is 5.32 Å². The van der Waals surface area contributed by atoms with Gasteiger partial charge in [-0.3, -0.25) is 4.79 Å². The van der Waals surface area contributed by atoms with Gasteiger partial charge in [0.25, 0.3) is 0 Å². The number of hydrogen-bond acceptors (Lipinski definition) is 4. The monoisotopic (exact) mass is 314 g/mol. The van der Waals surface area contributed by atoms with Gasteiger partial charge in [-0.2, -0.15) is 0 Å². The summed E-state index contributed by atoms with van der Waals surface area (Å²) in [5.41, 5.74) is 4.39. The van der Waals surface area contributed by atoms with Crippen LogP contribution in [0.15, 0.2) is 0 Å². The van der Waals surface area contributed by atoms with Crippen molar-refractivity contribution in [1.29, 1.82) is 0 Å². The van der Waals surface area contributed by atoms with Crippen LogP contribution in [0.1, 0.15) is 85.5 Å². The molecule has 0 aromatic heterocycles. The number of carbonyl (C=O) groups is 1. The van der Waals surface area contributed by atoms with Crippen molar-refractivity contribution in [3.8, 4) is 0 Å². The van der Waals surface area contributed by atoms with Gasteiger partial charge in [-0.25, -0.2) is 0 Å². The highest BCUT2D eigenvalue weighted by Crippen LogP contribution is 2.22. The molecule has 0 aromatic carbocycles. The number of nitrogens with one attached hydrogen (secondary N) is 1. The van der Waals surface area contributed by atoms with E-state index in [1.165, 1.54) is 0 Å². The maximum absolute atomic E-state index is 12.9. The molecule has 0 bridgehead atoms. The van der Waals surface area contributed by atoms with E-state index >= 15 is 0 Å². The second-order valence-electron chi connectivity index (χ2n) is 6.40. The van der Waals surface area contributed by atoms with E-state index < -0.39 is 5.60 Å². The Morgan fingerprint density at radius 2 is 1.82 bits per heavy atom. The minimum absolute atomic E-state index is 0.0246. The lowest BCUT2D eigenvalue weighted by Gasteiger charge is -2.32. The zero-order valence-corrected chi connectivity index (χ0v) is 15.2. The first-order valence-electron chi connectivity index (χ1n) is 9.21. The molecule has 0 aliphatic carbocycles. The zero-order valence-electron chi connectivity index (χ0n) is 15.2. The van der Waals surface area contributed by atoms with E-state index in [0.717, 1.165) is 44.9 Å². The van der Waals surface area contributed by atoms with E-state index in [1.807, 2.05) is 13.8 Å². The van der Waals surface area contributed by atoms with E-state index in [2.05, 4.69) is 19.2 Å². The zero-order chi connectivity index (χ0) is 17.0. The van der Waals surface area contributed by atoms with Crippen LogP contribution in [0.25, 0.3) is 0 Å². The van der Waals surface area contributed by atoms with Crippen molar-refractivity contribution in [3.63, 3.8) is 0 Å². The van der Waals surface area contributed by atoms with Gasteiger partial charge >= 0.3 is 0 Å². The normalized spacial score (nSPS) is 17.0. The predicted octanol–water partition coefficient (Wildman–Crippen LogP) is 3.16. The topological polar surface area (TPSA) is 75.3 Å². The van der Waals surface area contributed by atoms with Gasteiger partial charge in [-0.15, -0.1) is 0 Å². The number of Topliss-reactive ketones (excluding diaryl/α,β-unsaturated/α-hetero) is 1. The Kier molecular flexibility index (Phi) is 11.8. The van der Waals surface area contributed by atoms with Crippen LogP contribution < -0.4 is 11.1 Å². The molecule has 0 saturated heterocycles. The summed E-state index contributed by atoms with van der Waals surface area (Å²) in [7, 11) is 0. The number of unbranched alkanes of at least 4 members (excludes halogenated alkanes) is 1. The first-order valence-corrected chi connectivity index (χ1v) is 9.21. The molecule has 22 heavy (non-hydrogen) atoms. The van der Waals surface area contributed by atoms with E-state index in [0.29, 0.717) is 25.4 Å². The van der Waals surface area contributed by atoms with E-state index in [-0.39, 0.29) is 11.8 Å². The molecule has 0 rings (SSSR count). The number of rotatable bonds is 14. The molecule has 3 atom stereocenters. The number of hydrogen-bond donors (Lipinski definition) is 3. The molecule has 0 fully saturated rings. The van der Waals surface area contributed by atoms with Gasteiger partial charge in [0, 0.05) is 6.04 Å². The van der Waals surface area contributed by atoms with Crippen molar-refractivity contribution in [2.75, 3.05) is 6.54 Å². The third-order valence-electron chi connectivity index (χ3n) is 4.54. The molecule has 0 heterocycles. The van der Waals surface area contributed by atoms with Crippen LogP contribution in [0.4, 0.5) is 0 Å². The Balaban J connectivity index is 4.98. The number of ketones is 1. The number of aliphatic hydroxyl groups is 1. The molecule has 0 aromatic rings. The molecule has 4 heteroatoms. The van der Waals surface area contributed by atoms with Crippen LogP contribution in [0.5, 0.6) is 0 Å². The standard InChI is InChI=1S/C18H38N2O2/c1-5-11-15(7-3)20-16(12-9-10-14-19)17(21)18(22,8-4)13-6-2/h15-16,20,22H,5-14,19H2,1-4H3/t15?,16-,18?/m0/s1. The van der Waals surface area contributed by atoms with Crippen molar-refractivity contribution in [2.24, 2.45) is 5.73 Å². The maximum Gasteiger partial charge on any atom is 0.181 e. The predicted molar refractivity (Wildman–Crippen MR) is 94.0 cm³/mol. The summed E-state index contributed by atoms with van der Waals surface area (Å²) in [5.74, 6) is -0.0246. The van der Waals surface area contributed by atoms with Crippen molar-refractivity contribution < 1.29 is 9.90 Å². The van der Waals surface area contributed by atoms with E-state index in [9.17, 15) is 9.90 Å². The highest BCUT2D eigenvalue weighted by atomic mass is 16.3. The molecule has 132 valence electrons. The fourth-order valence-corrected chi connectivity index (χ4v) is 3.03. The molecule has 4 N–H and O–H groups in total. The summed E-state index contributed by atoms with van der Waals surface area (Å²) in [6.07, 6.45) is 7.63. The van der Waals surface area contributed by atoms with Crippen LogP contribution in [-0.2, 0) is 4.79 Å². The molecule has 0 aliphatic rings. The lowest BCUT2D eigenvalue weighted by Crippen LogP contribution is -2.52. The van der Waals surface area contributed by atoms with Gasteiger partial charge in [-0.05, 0) is 45.1 Å². The average Bonchev–Trinajstić information content (AvgIpc) is 2.52. The number of nitrogens with two attached hydrogens (primary N) is 1. The molecule has 2 unspecified atom stereocenters. The molecule has 4 nitrogen and oxygen atoms in total. The first-order chi connectivity index (χ1) is 10.5. The number of carbonyl (C=O) groups excluding carboxylic acids is 1. The van der Waals surface area contributed by atoms with Gasteiger partial charge in [0.05, 0.1) is 6.04 Å². The largest absolute Gasteiger partial charge is 0.382 e. The maximum atomic E-state index is 12.9. The van der Waals surface area contributed by atoms with Crippen molar-refractivity contribution in [3.05, 3.63) is 0 Å². The van der Waals surface area contributed by atoms with Crippen molar-refractivity contribution >= 4 is 5.78 Å². The molecule has 0 spiro atoms. The van der Waals surface area contributed by atoms with Gasteiger partial charge in [0.1, 0.15) is 5.60 Å². The van der Waals surface area contributed by atoms with Crippen LogP contribution in [0.3, 0.4) is 0 Å². The highest BCUT2D eigenvalue weighted by Gasteiger charge is 2.37. The fourth-order valence-electron chi connectivity index (χ4n) is 3.03.